The van der Waals surface area contributed by atoms with Crippen LogP contribution in [0.2, 0.25) is 0 Å². The molecule has 2 rings (SSSR count). The summed E-state index contributed by atoms with van der Waals surface area (Å²) in [5.74, 6) is 1.85. The Hall–Kier alpha value is -0.0800. The molecule has 0 bridgehead atoms. The standard InChI is InChI=1S/C14H27NO/c1-11-5-3-4-6-13(11)10-15-14-7-8-16-12(2)9-14/h11-15H,3-10H2,1-2H3. The summed E-state index contributed by atoms with van der Waals surface area (Å²) in [6, 6.07) is 0.706. The zero-order valence-electron chi connectivity index (χ0n) is 10.9. The van der Waals surface area contributed by atoms with Crippen LogP contribution in [0, 0.1) is 11.8 Å². The van der Waals surface area contributed by atoms with Gasteiger partial charge in [0.15, 0.2) is 0 Å². The molecule has 1 N–H and O–H groups in total. The first-order valence-corrected chi connectivity index (χ1v) is 7.10. The number of ether oxygens (including phenoxy) is 1. The highest BCUT2D eigenvalue weighted by atomic mass is 16.5. The van der Waals surface area contributed by atoms with Crippen LogP contribution >= 0.6 is 0 Å². The molecule has 1 saturated heterocycles. The maximum absolute atomic E-state index is 5.58. The Bertz CT molecular complexity index is 207. The number of hydrogen-bond donors (Lipinski definition) is 1. The van der Waals surface area contributed by atoms with Gasteiger partial charge in [-0.3, -0.25) is 0 Å². The average Bonchev–Trinajstić information content (AvgIpc) is 2.28. The summed E-state index contributed by atoms with van der Waals surface area (Å²) in [5, 5.41) is 3.77. The highest BCUT2D eigenvalue weighted by molar-refractivity contribution is 4.79. The highest BCUT2D eigenvalue weighted by Crippen LogP contribution is 2.29. The van der Waals surface area contributed by atoms with Gasteiger partial charge >= 0.3 is 0 Å². The second-order valence-corrected chi connectivity index (χ2v) is 5.83. The van der Waals surface area contributed by atoms with E-state index in [1.54, 1.807) is 0 Å². The van der Waals surface area contributed by atoms with Crippen LogP contribution in [-0.2, 0) is 4.74 Å². The van der Waals surface area contributed by atoms with E-state index in [1.165, 1.54) is 45.1 Å². The number of nitrogens with one attached hydrogen (secondary N) is 1. The second kappa shape index (κ2) is 6.02. The molecule has 0 amide bonds. The molecule has 2 nitrogen and oxygen atoms in total. The van der Waals surface area contributed by atoms with E-state index in [1.807, 2.05) is 0 Å². The Balaban J connectivity index is 1.69. The molecule has 94 valence electrons. The van der Waals surface area contributed by atoms with E-state index in [-0.39, 0.29) is 0 Å². The monoisotopic (exact) mass is 225 g/mol. The Labute approximate surface area is 100 Å². The van der Waals surface area contributed by atoms with Crippen molar-refractivity contribution < 1.29 is 4.74 Å². The molecule has 1 aliphatic carbocycles. The second-order valence-electron chi connectivity index (χ2n) is 5.83. The van der Waals surface area contributed by atoms with Crippen LogP contribution in [0.1, 0.15) is 52.4 Å². The van der Waals surface area contributed by atoms with Crippen molar-refractivity contribution in [2.24, 2.45) is 11.8 Å². The van der Waals surface area contributed by atoms with Gasteiger partial charge in [-0.25, -0.2) is 0 Å². The largest absolute Gasteiger partial charge is 0.378 e. The third-order valence-electron chi connectivity index (χ3n) is 4.44. The Morgan fingerprint density at radius 3 is 2.69 bits per heavy atom. The van der Waals surface area contributed by atoms with Gasteiger partial charge in [-0.15, -0.1) is 0 Å². The van der Waals surface area contributed by atoms with Gasteiger partial charge in [-0.05, 0) is 44.6 Å². The third-order valence-corrected chi connectivity index (χ3v) is 4.44. The van der Waals surface area contributed by atoms with E-state index in [2.05, 4.69) is 19.2 Å². The lowest BCUT2D eigenvalue weighted by molar-refractivity contribution is 0.0119. The average molecular weight is 225 g/mol. The van der Waals surface area contributed by atoms with Crippen LogP contribution in [0.25, 0.3) is 0 Å². The van der Waals surface area contributed by atoms with E-state index in [0.717, 1.165) is 18.4 Å². The van der Waals surface area contributed by atoms with Crippen molar-refractivity contribution in [1.29, 1.82) is 0 Å². The van der Waals surface area contributed by atoms with Crippen LogP contribution < -0.4 is 5.32 Å². The lowest BCUT2D eigenvalue weighted by atomic mass is 9.80. The van der Waals surface area contributed by atoms with E-state index < -0.39 is 0 Å². The topological polar surface area (TPSA) is 21.3 Å². The van der Waals surface area contributed by atoms with Crippen molar-refractivity contribution >= 4 is 0 Å². The minimum Gasteiger partial charge on any atom is -0.378 e. The van der Waals surface area contributed by atoms with Gasteiger partial charge in [0.1, 0.15) is 0 Å². The van der Waals surface area contributed by atoms with Crippen molar-refractivity contribution in [2.45, 2.75) is 64.5 Å². The number of hydrogen-bond acceptors (Lipinski definition) is 2. The van der Waals surface area contributed by atoms with Crippen molar-refractivity contribution in [2.75, 3.05) is 13.2 Å². The van der Waals surface area contributed by atoms with E-state index in [4.69, 9.17) is 4.74 Å². The summed E-state index contributed by atoms with van der Waals surface area (Å²) < 4.78 is 5.58. The fourth-order valence-electron chi connectivity index (χ4n) is 3.20. The first-order chi connectivity index (χ1) is 7.75. The first-order valence-electron chi connectivity index (χ1n) is 7.10. The molecule has 0 spiro atoms. The smallest absolute Gasteiger partial charge is 0.0561 e. The van der Waals surface area contributed by atoms with Crippen LogP contribution in [0.15, 0.2) is 0 Å². The zero-order chi connectivity index (χ0) is 11.4. The molecule has 2 aliphatic rings. The Kier molecular flexibility index (Phi) is 4.66. The fraction of sp³-hybridized carbons (Fsp3) is 1.00. The maximum atomic E-state index is 5.58. The van der Waals surface area contributed by atoms with Crippen LogP contribution in [0.3, 0.4) is 0 Å². The van der Waals surface area contributed by atoms with Crippen LogP contribution in [0.5, 0.6) is 0 Å². The van der Waals surface area contributed by atoms with Gasteiger partial charge in [-0.2, -0.15) is 0 Å². The van der Waals surface area contributed by atoms with Gasteiger partial charge < -0.3 is 10.1 Å². The van der Waals surface area contributed by atoms with Crippen molar-refractivity contribution in [3.8, 4) is 0 Å². The molecule has 4 atom stereocenters. The Morgan fingerprint density at radius 2 is 1.94 bits per heavy atom. The quantitative estimate of drug-likeness (QED) is 0.797. The summed E-state index contributed by atoms with van der Waals surface area (Å²) in [6.07, 6.45) is 8.62. The molecule has 0 aromatic rings. The predicted molar refractivity (Wildman–Crippen MR) is 67.6 cm³/mol. The van der Waals surface area contributed by atoms with E-state index in [0.29, 0.717) is 12.1 Å². The van der Waals surface area contributed by atoms with Crippen molar-refractivity contribution in [3.05, 3.63) is 0 Å². The zero-order valence-corrected chi connectivity index (χ0v) is 10.9. The lowest BCUT2D eigenvalue weighted by Gasteiger charge is -2.33. The van der Waals surface area contributed by atoms with E-state index >= 15 is 0 Å². The SMILES string of the molecule is CC1CC(NCC2CCCCC2C)CCO1. The van der Waals surface area contributed by atoms with Gasteiger partial charge in [0.2, 0.25) is 0 Å². The molecule has 2 fully saturated rings. The predicted octanol–water partition coefficient (Wildman–Crippen LogP) is 2.97. The molecule has 2 heteroatoms. The molecular weight excluding hydrogens is 198 g/mol. The summed E-state index contributed by atoms with van der Waals surface area (Å²) in [5.41, 5.74) is 0. The van der Waals surface area contributed by atoms with Gasteiger partial charge in [-0.1, -0.05) is 26.2 Å². The molecule has 1 saturated carbocycles. The molecule has 4 unspecified atom stereocenters. The van der Waals surface area contributed by atoms with Crippen molar-refractivity contribution in [1.82, 2.24) is 5.32 Å². The highest BCUT2D eigenvalue weighted by Gasteiger charge is 2.24. The number of rotatable bonds is 3. The fourth-order valence-corrected chi connectivity index (χ4v) is 3.20. The first kappa shape index (κ1) is 12.4. The van der Waals surface area contributed by atoms with Gasteiger partial charge in [0.25, 0.3) is 0 Å². The molecule has 0 aromatic heterocycles. The molecule has 0 radical (unpaired) electrons. The molecule has 1 aliphatic heterocycles. The summed E-state index contributed by atoms with van der Waals surface area (Å²) >= 11 is 0. The minimum atomic E-state index is 0.454. The molecule has 0 aromatic carbocycles. The van der Waals surface area contributed by atoms with Gasteiger partial charge in [0, 0.05) is 12.6 Å². The molecule has 16 heavy (non-hydrogen) atoms. The summed E-state index contributed by atoms with van der Waals surface area (Å²) in [6.45, 7) is 6.80. The van der Waals surface area contributed by atoms with Gasteiger partial charge in [0.05, 0.1) is 6.10 Å². The Morgan fingerprint density at radius 1 is 1.12 bits per heavy atom. The molecule has 1 heterocycles. The summed E-state index contributed by atoms with van der Waals surface area (Å²) in [7, 11) is 0. The normalized spacial score (nSPS) is 40.9. The van der Waals surface area contributed by atoms with E-state index in [9.17, 15) is 0 Å². The minimum absolute atomic E-state index is 0.454. The third kappa shape index (κ3) is 3.46. The van der Waals surface area contributed by atoms with Crippen LogP contribution in [0.4, 0.5) is 0 Å². The van der Waals surface area contributed by atoms with Crippen LogP contribution in [-0.4, -0.2) is 25.3 Å². The van der Waals surface area contributed by atoms with Crippen molar-refractivity contribution in [3.63, 3.8) is 0 Å². The molecular formula is C14H27NO. The maximum Gasteiger partial charge on any atom is 0.0561 e. The lowest BCUT2D eigenvalue weighted by Crippen LogP contribution is -2.41. The summed E-state index contributed by atoms with van der Waals surface area (Å²) in [4.78, 5) is 0.